The number of rotatable bonds is 72. The Bertz CT molecular complexity index is 1160. The second-order valence-electron chi connectivity index (χ2n) is 25.6. The van der Waals surface area contributed by atoms with Crippen molar-refractivity contribution in [3.63, 3.8) is 0 Å². The summed E-state index contributed by atoms with van der Waals surface area (Å²) < 4.78 is 17.6. The molecule has 0 saturated heterocycles. The number of hydrogen-bond acceptors (Lipinski definition) is 9. The van der Waals surface area contributed by atoms with E-state index in [1.165, 1.54) is 366 Å². The first-order chi connectivity index (χ1) is 40.9. The van der Waals surface area contributed by atoms with E-state index < -0.39 is 37.5 Å². The fourth-order valence-electron chi connectivity index (χ4n) is 11.6. The van der Waals surface area contributed by atoms with E-state index in [1.54, 1.807) is 40.2 Å². The van der Waals surface area contributed by atoms with Crippen LogP contribution in [0.2, 0.25) is 4.94 Å². The Labute approximate surface area is 537 Å². The van der Waals surface area contributed by atoms with Gasteiger partial charge in [0.25, 0.3) is 0 Å². The first-order valence-electron chi connectivity index (χ1n) is 37.3. The topological polar surface area (TPSA) is 78.9 Å². The molecule has 83 heavy (non-hydrogen) atoms. The zero-order chi connectivity index (χ0) is 60.1. The average Bonchev–Trinajstić information content (AvgIpc) is 3.57. The van der Waals surface area contributed by atoms with Gasteiger partial charge in [-0.15, -0.1) is 0 Å². The van der Waals surface area contributed by atoms with Gasteiger partial charge in [0, 0.05) is 0 Å². The van der Waals surface area contributed by atoms with Crippen LogP contribution in [-0.2, 0) is 23.6 Å². The summed E-state index contributed by atoms with van der Waals surface area (Å²) >= 11 is -0.0968. The molecule has 0 aliphatic carbocycles. The molecule has 0 bridgehead atoms. The molecule has 0 aliphatic heterocycles. The molecule has 0 aliphatic rings. The second kappa shape index (κ2) is 71.3. The third-order valence-electron chi connectivity index (χ3n) is 17.0. The van der Waals surface area contributed by atoms with Gasteiger partial charge in [0.05, 0.1) is 0 Å². The predicted octanol–water partition coefficient (Wildman–Crippen LogP) is 25.9. The third-order valence-corrected chi connectivity index (χ3v) is 25.2. The molecule has 0 N–H and O–H groups in total. The summed E-state index contributed by atoms with van der Waals surface area (Å²) in [6.07, 6.45) is 81.9. The Hall–Kier alpha value is 0.259. The van der Waals surface area contributed by atoms with Crippen molar-refractivity contribution in [2.24, 2.45) is 0 Å². The molecule has 0 unspecified atom stereocenters. The van der Waals surface area contributed by atoms with Crippen LogP contribution in [0.4, 0.5) is 0 Å². The van der Waals surface area contributed by atoms with E-state index in [-0.39, 0.29) is 17.3 Å². The molecule has 0 aromatic rings. The summed E-state index contributed by atoms with van der Waals surface area (Å²) in [6, 6.07) is 0. The number of carbonyl (C=O) groups is 3. The van der Waals surface area contributed by atoms with Gasteiger partial charge in [-0.1, -0.05) is 271 Å². The Balaban J connectivity index is 4.37. The first-order valence-corrected chi connectivity index (χ1v) is 47.1. The minimum atomic E-state index is -4.81. The maximum absolute atomic E-state index is 13.2. The van der Waals surface area contributed by atoms with E-state index >= 15 is 0 Å². The molecule has 0 saturated carbocycles. The van der Waals surface area contributed by atoms with Crippen molar-refractivity contribution in [2.45, 2.75) is 411 Å². The summed E-state index contributed by atoms with van der Waals surface area (Å²) in [5, 5.41) is 0. The van der Waals surface area contributed by atoms with Gasteiger partial charge in [-0.25, -0.2) is 0 Å². The molecule has 0 heterocycles. The molecule has 0 aromatic heterocycles. The Morgan fingerprint density at radius 2 is 0.337 bits per heavy atom. The zero-order valence-electron chi connectivity index (χ0n) is 56.3. The van der Waals surface area contributed by atoms with Crippen molar-refractivity contribution in [2.75, 3.05) is 34.5 Å². The monoisotopic (exact) mass is 1330 g/mol. The van der Waals surface area contributed by atoms with E-state index in [4.69, 9.17) is 9.22 Å². The standard InChI is InChI=1S/3C24H48O2S.CH3.Sn/c3*1-2-3-4-5-6-7-8-9-10-11-12-13-14-15-16-17-18-19-20-21-22-27-23-24(25)26;;/h3*2-23H2,1H3,(H,25,26);1H3;/q;;;;+3/p-3. The summed E-state index contributed by atoms with van der Waals surface area (Å²) in [5.74, 6) is 1.93. The zero-order valence-corrected chi connectivity index (χ0v) is 61.6. The van der Waals surface area contributed by atoms with Gasteiger partial charge in [-0.3, -0.25) is 0 Å². The summed E-state index contributed by atoms with van der Waals surface area (Å²) in [6.45, 7) is 6.88. The molecule has 0 aromatic carbocycles. The Morgan fingerprint density at radius 3 is 0.470 bits per heavy atom. The summed E-state index contributed by atoms with van der Waals surface area (Å²) in [4.78, 5) is 41.1. The van der Waals surface area contributed by atoms with E-state index in [2.05, 4.69) is 20.8 Å². The molecule has 494 valence electrons. The fraction of sp³-hybridized carbons (Fsp3) is 0.959. The second-order valence-corrected chi connectivity index (χ2v) is 35.6. The van der Waals surface area contributed by atoms with E-state index in [0.29, 0.717) is 0 Å². The molecular formula is C73H144O6S3Sn. The third kappa shape index (κ3) is 69.6. The summed E-state index contributed by atoms with van der Waals surface area (Å²) in [5.41, 5.74) is 0. The molecule has 0 amide bonds. The summed E-state index contributed by atoms with van der Waals surface area (Å²) in [7, 11) is 0. The van der Waals surface area contributed by atoms with Crippen LogP contribution < -0.4 is 0 Å². The van der Waals surface area contributed by atoms with Crippen LogP contribution in [0.3, 0.4) is 0 Å². The maximum atomic E-state index is 13.2. The number of hydrogen-bond donors (Lipinski definition) is 0. The molecule has 0 rings (SSSR count). The fourth-order valence-corrected chi connectivity index (χ4v) is 19.4. The molecule has 0 spiro atoms. The number of thioether (sulfide) groups is 3. The molecule has 0 fully saturated rings. The Morgan fingerprint density at radius 1 is 0.217 bits per heavy atom. The van der Waals surface area contributed by atoms with Crippen LogP contribution in [0.1, 0.15) is 406 Å². The molecule has 10 heteroatoms. The van der Waals surface area contributed by atoms with Gasteiger partial charge < -0.3 is 0 Å². The van der Waals surface area contributed by atoms with Crippen molar-refractivity contribution in [1.82, 2.24) is 0 Å². The van der Waals surface area contributed by atoms with Gasteiger partial charge in [-0.05, 0) is 0 Å². The van der Waals surface area contributed by atoms with Crippen LogP contribution in [-0.4, -0.2) is 72.0 Å². The molecule has 6 nitrogen and oxygen atoms in total. The minimum Gasteiger partial charge on any atom is -0.0654 e. The number of carbonyl (C=O) groups excluding carboxylic acids is 3. The van der Waals surface area contributed by atoms with E-state index in [9.17, 15) is 14.4 Å². The van der Waals surface area contributed by atoms with Crippen LogP contribution in [0.25, 0.3) is 0 Å². The van der Waals surface area contributed by atoms with Crippen molar-refractivity contribution in [3.05, 3.63) is 0 Å². The van der Waals surface area contributed by atoms with Gasteiger partial charge in [0.1, 0.15) is 0 Å². The SMILES string of the molecule is CCCCCCCCCCCCCCCCCCCCCCSCC(=O)[O][Sn]([CH3])([O]C(=O)CSCCCCCCCCCCCCCCCCCCCCCC)[O]C(=O)CSCCCCCCCCCCCCCCCCCCCCCC. The number of unbranched alkanes of at least 4 members (excludes halogenated alkanes) is 57. The van der Waals surface area contributed by atoms with E-state index in [1.807, 2.05) is 0 Å². The van der Waals surface area contributed by atoms with Crippen LogP contribution >= 0.6 is 35.3 Å². The van der Waals surface area contributed by atoms with Gasteiger partial charge in [0.2, 0.25) is 0 Å². The molecular weight excluding hydrogens is 1190 g/mol. The van der Waals surface area contributed by atoms with Gasteiger partial charge >= 0.3 is 271 Å². The quantitative estimate of drug-likeness (QED) is 0.0437. The smallest absolute Gasteiger partial charge is 0.0654 e. The minimum absolute atomic E-state index is 0.184. The van der Waals surface area contributed by atoms with Crippen molar-refractivity contribution < 1.29 is 23.6 Å². The van der Waals surface area contributed by atoms with E-state index in [0.717, 1.165) is 36.5 Å². The molecule has 0 radical (unpaired) electrons. The van der Waals surface area contributed by atoms with Gasteiger partial charge in [-0.2, -0.15) is 0 Å². The van der Waals surface area contributed by atoms with Crippen LogP contribution in [0.15, 0.2) is 0 Å². The van der Waals surface area contributed by atoms with Crippen molar-refractivity contribution in [1.29, 1.82) is 0 Å². The van der Waals surface area contributed by atoms with Crippen LogP contribution in [0.5, 0.6) is 0 Å². The first kappa shape index (κ1) is 83.3. The molecule has 0 atom stereocenters. The van der Waals surface area contributed by atoms with Gasteiger partial charge in [0.15, 0.2) is 0 Å². The predicted molar refractivity (Wildman–Crippen MR) is 376 cm³/mol. The average molecular weight is 1330 g/mol. The normalized spacial score (nSPS) is 11.7. The van der Waals surface area contributed by atoms with Crippen molar-refractivity contribution >= 4 is 72.8 Å². The van der Waals surface area contributed by atoms with Crippen molar-refractivity contribution in [3.8, 4) is 0 Å². The Kier molecular flexibility index (Phi) is 71.6. The van der Waals surface area contributed by atoms with Crippen LogP contribution in [0, 0.1) is 0 Å².